The largest absolute Gasteiger partial charge is 0.508 e. The Labute approximate surface area is 124 Å². The molecule has 2 nitrogen and oxygen atoms in total. The molecule has 0 aromatic heterocycles. The van der Waals surface area contributed by atoms with Crippen LogP contribution in [-0.4, -0.2) is 11.7 Å². The van der Waals surface area contributed by atoms with Crippen molar-refractivity contribution in [3.8, 4) is 5.75 Å². The predicted molar refractivity (Wildman–Crippen MR) is 83.3 cm³/mol. The molecule has 1 heterocycles. The molecule has 0 bridgehead atoms. The second-order valence-electron chi connectivity index (χ2n) is 5.81. The first-order valence-corrected chi connectivity index (χ1v) is 7.41. The molecule has 3 heteroatoms. The Morgan fingerprint density at radius 1 is 1.19 bits per heavy atom. The van der Waals surface area contributed by atoms with Gasteiger partial charge in [0.25, 0.3) is 0 Å². The molecule has 1 aliphatic heterocycles. The van der Waals surface area contributed by atoms with Crippen molar-refractivity contribution in [2.24, 2.45) is 0 Å². The third kappa shape index (κ3) is 2.60. The summed E-state index contributed by atoms with van der Waals surface area (Å²) in [4.78, 5) is 2.26. The van der Waals surface area contributed by atoms with E-state index in [-0.39, 0.29) is 17.6 Å². The molecule has 2 aromatic carbocycles. The average Bonchev–Trinajstić information content (AvgIpc) is 2.48. The molecular weight excluding hydrogens is 265 g/mol. The van der Waals surface area contributed by atoms with Crippen LogP contribution in [0, 0.1) is 12.7 Å². The molecule has 0 fully saturated rings. The van der Waals surface area contributed by atoms with E-state index < -0.39 is 0 Å². The van der Waals surface area contributed by atoms with E-state index in [2.05, 4.69) is 30.0 Å². The lowest BCUT2D eigenvalue weighted by atomic mass is 9.96. The highest BCUT2D eigenvalue weighted by molar-refractivity contribution is 5.58. The van der Waals surface area contributed by atoms with Gasteiger partial charge < -0.3 is 10.0 Å². The van der Waals surface area contributed by atoms with Crippen LogP contribution in [0.25, 0.3) is 0 Å². The van der Waals surface area contributed by atoms with Gasteiger partial charge in [0.15, 0.2) is 0 Å². The third-order valence-electron chi connectivity index (χ3n) is 4.30. The summed E-state index contributed by atoms with van der Waals surface area (Å²) in [6, 6.07) is 10.6. The molecule has 1 atom stereocenters. The lowest BCUT2D eigenvalue weighted by molar-refractivity contribution is 0.456. The average molecular weight is 285 g/mol. The molecule has 2 aromatic rings. The molecule has 110 valence electrons. The summed E-state index contributed by atoms with van der Waals surface area (Å²) in [7, 11) is 0. The molecule has 1 aliphatic rings. The van der Waals surface area contributed by atoms with E-state index in [9.17, 15) is 9.50 Å². The molecule has 0 radical (unpaired) electrons. The molecule has 0 spiro atoms. The van der Waals surface area contributed by atoms with Gasteiger partial charge in [-0.15, -0.1) is 0 Å². The van der Waals surface area contributed by atoms with Gasteiger partial charge in [-0.2, -0.15) is 0 Å². The van der Waals surface area contributed by atoms with Crippen LogP contribution in [0.5, 0.6) is 5.75 Å². The second kappa shape index (κ2) is 5.40. The minimum absolute atomic E-state index is 0.0533. The SMILES string of the molecule is Cc1ccc2c(c1)CCCN2C(C)c1cc(F)ccc1O. The predicted octanol–water partition coefficient (Wildman–Crippen LogP) is 4.35. The topological polar surface area (TPSA) is 23.5 Å². The number of phenols is 1. The number of aromatic hydroxyl groups is 1. The molecule has 1 N–H and O–H groups in total. The van der Waals surface area contributed by atoms with E-state index in [0.717, 1.165) is 19.4 Å². The van der Waals surface area contributed by atoms with Crippen LogP contribution >= 0.6 is 0 Å². The molecule has 1 unspecified atom stereocenters. The number of hydrogen-bond donors (Lipinski definition) is 1. The second-order valence-corrected chi connectivity index (χ2v) is 5.81. The maximum Gasteiger partial charge on any atom is 0.123 e. The Balaban J connectivity index is 2.00. The fourth-order valence-corrected chi connectivity index (χ4v) is 3.19. The van der Waals surface area contributed by atoms with Crippen LogP contribution in [0.3, 0.4) is 0 Å². The Morgan fingerprint density at radius 2 is 2.00 bits per heavy atom. The van der Waals surface area contributed by atoms with Gasteiger partial charge in [-0.25, -0.2) is 4.39 Å². The summed E-state index contributed by atoms with van der Waals surface area (Å²) in [5.41, 5.74) is 4.44. The van der Waals surface area contributed by atoms with Crippen molar-refractivity contribution in [3.63, 3.8) is 0 Å². The van der Waals surface area contributed by atoms with Gasteiger partial charge in [-0.1, -0.05) is 17.7 Å². The number of anilines is 1. The summed E-state index contributed by atoms with van der Waals surface area (Å²) in [5, 5.41) is 10.0. The molecule has 0 saturated heterocycles. The van der Waals surface area contributed by atoms with Crippen molar-refractivity contribution in [1.82, 2.24) is 0 Å². The Bertz CT molecular complexity index is 668. The van der Waals surface area contributed by atoms with E-state index in [1.807, 2.05) is 6.92 Å². The van der Waals surface area contributed by atoms with Crippen LogP contribution in [0.1, 0.15) is 36.1 Å². The van der Waals surface area contributed by atoms with Crippen molar-refractivity contribution >= 4 is 5.69 Å². The number of rotatable bonds is 2. The van der Waals surface area contributed by atoms with Gasteiger partial charge in [0.1, 0.15) is 11.6 Å². The number of fused-ring (bicyclic) bond motifs is 1. The lowest BCUT2D eigenvalue weighted by Crippen LogP contribution is -2.32. The van der Waals surface area contributed by atoms with Crippen LogP contribution in [-0.2, 0) is 6.42 Å². The zero-order valence-electron chi connectivity index (χ0n) is 12.4. The molecular formula is C18H20FNO. The van der Waals surface area contributed by atoms with E-state index in [1.165, 1.54) is 35.0 Å². The van der Waals surface area contributed by atoms with Crippen molar-refractivity contribution in [2.75, 3.05) is 11.4 Å². The van der Waals surface area contributed by atoms with Crippen molar-refractivity contribution in [3.05, 3.63) is 58.9 Å². The van der Waals surface area contributed by atoms with E-state index >= 15 is 0 Å². The summed E-state index contributed by atoms with van der Waals surface area (Å²) < 4.78 is 13.5. The Hall–Kier alpha value is -2.03. The number of benzene rings is 2. The molecule has 0 aliphatic carbocycles. The lowest BCUT2D eigenvalue weighted by Gasteiger charge is -2.37. The van der Waals surface area contributed by atoms with Gasteiger partial charge in [0, 0.05) is 17.8 Å². The number of hydrogen-bond acceptors (Lipinski definition) is 2. The van der Waals surface area contributed by atoms with E-state index in [1.54, 1.807) is 0 Å². The van der Waals surface area contributed by atoms with Gasteiger partial charge in [-0.05, 0) is 56.5 Å². The van der Waals surface area contributed by atoms with Gasteiger partial charge in [0.05, 0.1) is 6.04 Å². The first-order chi connectivity index (χ1) is 10.1. The maximum atomic E-state index is 13.5. The number of aryl methyl sites for hydroxylation is 2. The number of phenolic OH excluding ortho intramolecular Hbond substituents is 1. The Kier molecular flexibility index (Phi) is 3.58. The highest BCUT2D eigenvalue weighted by Gasteiger charge is 2.24. The molecule has 3 rings (SSSR count). The van der Waals surface area contributed by atoms with E-state index in [4.69, 9.17) is 0 Å². The summed E-state index contributed by atoms with van der Waals surface area (Å²) in [6.45, 7) is 5.04. The van der Waals surface area contributed by atoms with Crippen LogP contribution in [0.4, 0.5) is 10.1 Å². The zero-order chi connectivity index (χ0) is 15.0. The van der Waals surface area contributed by atoms with Gasteiger partial charge in [0.2, 0.25) is 0 Å². The first kappa shape index (κ1) is 13.9. The highest BCUT2D eigenvalue weighted by atomic mass is 19.1. The van der Waals surface area contributed by atoms with Crippen LogP contribution in [0.2, 0.25) is 0 Å². The minimum atomic E-state index is -0.309. The van der Waals surface area contributed by atoms with Gasteiger partial charge >= 0.3 is 0 Å². The first-order valence-electron chi connectivity index (χ1n) is 7.41. The maximum absolute atomic E-state index is 13.5. The normalized spacial score (nSPS) is 15.7. The fraction of sp³-hybridized carbons (Fsp3) is 0.333. The number of halogens is 1. The molecule has 0 saturated carbocycles. The van der Waals surface area contributed by atoms with Crippen LogP contribution in [0.15, 0.2) is 36.4 Å². The summed E-state index contributed by atoms with van der Waals surface area (Å²) >= 11 is 0. The zero-order valence-corrected chi connectivity index (χ0v) is 12.4. The van der Waals surface area contributed by atoms with Gasteiger partial charge in [-0.3, -0.25) is 0 Å². The molecule has 21 heavy (non-hydrogen) atoms. The van der Waals surface area contributed by atoms with Crippen molar-refractivity contribution < 1.29 is 9.50 Å². The standard InChI is InChI=1S/C18H20FNO/c1-12-5-7-17-14(10-12)4-3-9-20(17)13(2)16-11-15(19)6-8-18(16)21/h5-8,10-11,13,21H,3-4,9H2,1-2H3. The smallest absolute Gasteiger partial charge is 0.123 e. The van der Waals surface area contributed by atoms with E-state index in [0.29, 0.717) is 5.56 Å². The summed E-state index contributed by atoms with van der Waals surface area (Å²) in [6.07, 6.45) is 2.16. The fourth-order valence-electron chi connectivity index (χ4n) is 3.19. The van der Waals surface area contributed by atoms with Crippen molar-refractivity contribution in [2.45, 2.75) is 32.7 Å². The third-order valence-corrected chi connectivity index (χ3v) is 4.30. The van der Waals surface area contributed by atoms with Crippen molar-refractivity contribution in [1.29, 1.82) is 0 Å². The minimum Gasteiger partial charge on any atom is -0.508 e. The monoisotopic (exact) mass is 285 g/mol. The van der Waals surface area contributed by atoms with Crippen LogP contribution < -0.4 is 4.90 Å². The quantitative estimate of drug-likeness (QED) is 0.886. The number of nitrogens with zero attached hydrogens (tertiary/aromatic N) is 1. The molecule has 0 amide bonds. The Morgan fingerprint density at radius 3 is 2.81 bits per heavy atom. The summed E-state index contributed by atoms with van der Waals surface area (Å²) in [5.74, 6) is -0.154. The highest BCUT2D eigenvalue weighted by Crippen LogP contribution is 2.37.